The van der Waals surface area contributed by atoms with Crippen molar-refractivity contribution in [3.8, 4) is 22.6 Å². The predicted molar refractivity (Wildman–Crippen MR) is 144 cm³/mol. The van der Waals surface area contributed by atoms with Gasteiger partial charge in [-0.05, 0) is 73.4 Å². The Morgan fingerprint density at radius 1 is 1.03 bits per heavy atom. The maximum atomic E-state index is 14.2. The highest BCUT2D eigenvalue weighted by Crippen LogP contribution is 2.38. The highest BCUT2D eigenvalue weighted by Gasteiger charge is 2.31. The minimum absolute atomic E-state index is 0.0779. The van der Waals surface area contributed by atoms with Gasteiger partial charge in [0.25, 0.3) is 0 Å². The normalized spacial score (nSPS) is 12.9. The lowest BCUT2D eigenvalue weighted by Crippen LogP contribution is -2.09. The Balaban J connectivity index is 1.53. The summed E-state index contributed by atoms with van der Waals surface area (Å²) >= 11 is 6.20. The van der Waals surface area contributed by atoms with Gasteiger partial charge in [-0.2, -0.15) is 0 Å². The van der Waals surface area contributed by atoms with Crippen LogP contribution in [0.4, 0.5) is 4.39 Å². The number of rotatable bonds is 7. The van der Waals surface area contributed by atoms with Gasteiger partial charge >= 0.3 is 0 Å². The molecular formula is C30H25ClFN3O3. The Bertz CT molecular complexity index is 1640. The molecule has 3 aromatic carbocycles. The summed E-state index contributed by atoms with van der Waals surface area (Å²) in [5.74, 6) is 0.899. The number of ether oxygens (including phenoxy) is 2. The maximum absolute atomic E-state index is 14.2. The summed E-state index contributed by atoms with van der Waals surface area (Å²) in [5, 5.41) is 5.50. The lowest BCUT2D eigenvalue weighted by Gasteiger charge is -2.10. The number of hydrogen-bond acceptors (Lipinski definition) is 4. The van der Waals surface area contributed by atoms with Crippen LogP contribution in [0.15, 0.2) is 72.8 Å². The molecule has 8 heteroatoms. The largest absolute Gasteiger partial charge is 0.497 e. The summed E-state index contributed by atoms with van der Waals surface area (Å²) < 4.78 is 29.2. The molecule has 1 aliphatic heterocycles. The summed E-state index contributed by atoms with van der Waals surface area (Å²) in [4.78, 5) is 14.1. The van der Waals surface area contributed by atoms with E-state index in [-0.39, 0.29) is 18.1 Å². The topological polar surface area (TPSA) is 57.8 Å². The molecular weight excluding hydrogens is 505 g/mol. The molecule has 1 aliphatic rings. The molecule has 0 saturated heterocycles. The monoisotopic (exact) mass is 529 g/mol. The number of aromatic nitrogens is 3. The van der Waals surface area contributed by atoms with Gasteiger partial charge in [-0.3, -0.25) is 4.79 Å². The maximum Gasteiger partial charge on any atom is 0.212 e. The third kappa shape index (κ3) is 4.23. The summed E-state index contributed by atoms with van der Waals surface area (Å²) in [6.45, 7) is 0.807. The van der Waals surface area contributed by atoms with Crippen molar-refractivity contribution in [2.45, 2.75) is 32.4 Å². The third-order valence-electron chi connectivity index (χ3n) is 6.96. The number of carbonyl (C=O) groups is 1. The van der Waals surface area contributed by atoms with E-state index < -0.39 is 5.82 Å². The molecule has 192 valence electrons. The molecule has 0 spiro atoms. The van der Waals surface area contributed by atoms with E-state index in [1.54, 1.807) is 54.1 Å². The van der Waals surface area contributed by atoms with Crippen LogP contribution >= 0.6 is 11.6 Å². The van der Waals surface area contributed by atoms with E-state index in [1.165, 1.54) is 6.07 Å². The molecule has 0 aliphatic carbocycles. The molecule has 3 heterocycles. The molecule has 2 aromatic heterocycles. The van der Waals surface area contributed by atoms with Gasteiger partial charge in [-0.1, -0.05) is 35.9 Å². The standard InChI is InChI=1S/C30H25ClFN3O3/c1-37-22-15-11-20(12-16-22)29(36)28-27(19-9-13-21(31)14-10-19)23-6-4-5-17-34-26(33-35(28)30(23)34)18-38-25-8-3-2-7-24(25)32/h2-3,7-16H,4-6,17-18H2,1H3. The second kappa shape index (κ2) is 9.99. The Labute approximate surface area is 224 Å². The molecule has 0 N–H and O–H groups in total. The molecule has 6 rings (SSSR count). The van der Waals surface area contributed by atoms with E-state index in [4.69, 9.17) is 26.2 Å². The summed E-state index contributed by atoms with van der Waals surface area (Å²) in [7, 11) is 1.59. The number of para-hydroxylation sites is 1. The number of carbonyl (C=O) groups excluding carboxylic acids is 1. The molecule has 0 unspecified atom stereocenters. The first-order valence-electron chi connectivity index (χ1n) is 12.5. The minimum atomic E-state index is -0.428. The molecule has 0 atom stereocenters. The van der Waals surface area contributed by atoms with Crippen LogP contribution in [0.3, 0.4) is 0 Å². The first-order chi connectivity index (χ1) is 18.5. The minimum Gasteiger partial charge on any atom is -0.497 e. The van der Waals surface area contributed by atoms with Crippen molar-refractivity contribution in [1.29, 1.82) is 0 Å². The number of halogens is 2. The van der Waals surface area contributed by atoms with Crippen LogP contribution in [-0.4, -0.2) is 27.1 Å². The molecule has 0 bridgehead atoms. The summed E-state index contributed by atoms with van der Waals surface area (Å²) in [5.41, 5.74) is 4.72. The van der Waals surface area contributed by atoms with Crippen LogP contribution in [0.5, 0.6) is 11.5 Å². The zero-order valence-corrected chi connectivity index (χ0v) is 21.5. The van der Waals surface area contributed by atoms with Gasteiger partial charge in [0.05, 0.1) is 7.11 Å². The SMILES string of the molecule is COc1ccc(C(=O)c2c(-c3ccc(Cl)cc3)c3c4n(c(COc5ccccc5F)nn24)CCCC3)cc1. The number of methoxy groups -OCH3 is 1. The number of aryl methyl sites for hydroxylation is 2. The van der Waals surface area contributed by atoms with Gasteiger partial charge in [0, 0.05) is 28.3 Å². The van der Waals surface area contributed by atoms with Crippen molar-refractivity contribution in [3.63, 3.8) is 0 Å². The van der Waals surface area contributed by atoms with Crippen LogP contribution in [-0.2, 0) is 19.6 Å². The van der Waals surface area contributed by atoms with Crippen molar-refractivity contribution < 1.29 is 18.7 Å². The molecule has 0 amide bonds. The number of ketones is 1. The first-order valence-corrected chi connectivity index (χ1v) is 12.9. The number of nitrogens with zero attached hydrogens (tertiary/aromatic N) is 3. The fraction of sp³-hybridized carbons (Fsp3) is 0.200. The number of benzene rings is 3. The molecule has 5 aromatic rings. The van der Waals surface area contributed by atoms with E-state index in [0.29, 0.717) is 27.9 Å². The average molecular weight is 530 g/mol. The van der Waals surface area contributed by atoms with Gasteiger partial charge in [0.1, 0.15) is 23.7 Å². The lowest BCUT2D eigenvalue weighted by molar-refractivity contribution is 0.103. The highest BCUT2D eigenvalue weighted by atomic mass is 35.5. The van der Waals surface area contributed by atoms with Crippen LogP contribution in [0, 0.1) is 5.82 Å². The van der Waals surface area contributed by atoms with Crippen LogP contribution in [0.25, 0.3) is 16.8 Å². The van der Waals surface area contributed by atoms with Crippen molar-refractivity contribution in [3.05, 3.63) is 106 Å². The number of hydrogen-bond donors (Lipinski definition) is 0. The Morgan fingerprint density at radius 3 is 2.53 bits per heavy atom. The first kappa shape index (κ1) is 24.2. The zero-order valence-electron chi connectivity index (χ0n) is 20.8. The highest BCUT2D eigenvalue weighted by molar-refractivity contribution is 6.30. The molecule has 0 fully saturated rings. The fourth-order valence-electron chi connectivity index (χ4n) is 5.13. The van der Waals surface area contributed by atoms with Gasteiger partial charge in [-0.25, -0.2) is 8.91 Å². The summed E-state index contributed by atoms with van der Waals surface area (Å²) in [6, 6.07) is 20.9. The lowest BCUT2D eigenvalue weighted by atomic mass is 9.95. The Morgan fingerprint density at radius 2 is 1.79 bits per heavy atom. The van der Waals surface area contributed by atoms with E-state index >= 15 is 0 Å². The summed E-state index contributed by atoms with van der Waals surface area (Å²) in [6.07, 6.45) is 2.72. The molecule has 6 nitrogen and oxygen atoms in total. The smallest absolute Gasteiger partial charge is 0.212 e. The second-order valence-electron chi connectivity index (χ2n) is 9.25. The average Bonchev–Trinajstić information content (AvgIpc) is 3.34. The quantitative estimate of drug-likeness (QED) is 0.219. The van der Waals surface area contributed by atoms with Crippen molar-refractivity contribution in [2.24, 2.45) is 0 Å². The van der Waals surface area contributed by atoms with E-state index in [0.717, 1.165) is 48.1 Å². The van der Waals surface area contributed by atoms with Gasteiger partial charge in [-0.15, -0.1) is 5.10 Å². The molecule has 0 radical (unpaired) electrons. The van der Waals surface area contributed by atoms with Crippen LogP contribution < -0.4 is 9.47 Å². The van der Waals surface area contributed by atoms with Gasteiger partial charge in [0.2, 0.25) is 5.78 Å². The van der Waals surface area contributed by atoms with E-state index in [1.807, 2.05) is 24.3 Å². The van der Waals surface area contributed by atoms with E-state index in [2.05, 4.69) is 4.57 Å². The zero-order chi connectivity index (χ0) is 26.2. The van der Waals surface area contributed by atoms with Gasteiger partial charge < -0.3 is 14.0 Å². The third-order valence-corrected chi connectivity index (χ3v) is 7.21. The van der Waals surface area contributed by atoms with E-state index in [9.17, 15) is 9.18 Å². The van der Waals surface area contributed by atoms with Gasteiger partial charge in [0.15, 0.2) is 17.4 Å². The fourth-order valence-corrected chi connectivity index (χ4v) is 5.26. The van der Waals surface area contributed by atoms with Crippen molar-refractivity contribution in [2.75, 3.05) is 7.11 Å². The van der Waals surface area contributed by atoms with Crippen molar-refractivity contribution in [1.82, 2.24) is 14.2 Å². The molecule has 38 heavy (non-hydrogen) atoms. The second-order valence-corrected chi connectivity index (χ2v) is 9.68. The van der Waals surface area contributed by atoms with Crippen LogP contribution in [0.2, 0.25) is 5.02 Å². The van der Waals surface area contributed by atoms with Crippen LogP contribution in [0.1, 0.15) is 40.3 Å². The Kier molecular flexibility index (Phi) is 6.37. The predicted octanol–water partition coefficient (Wildman–Crippen LogP) is 6.75. The Hall–Kier alpha value is -4.10. The van der Waals surface area contributed by atoms with Crippen molar-refractivity contribution >= 4 is 23.0 Å². The molecule has 0 saturated carbocycles.